The molecular formula is C30H31NO3S. The van der Waals surface area contributed by atoms with Crippen molar-refractivity contribution in [2.75, 3.05) is 5.75 Å². The lowest BCUT2D eigenvalue weighted by molar-refractivity contribution is -0.139. The van der Waals surface area contributed by atoms with Crippen molar-refractivity contribution in [1.29, 1.82) is 0 Å². The molecule has 0 bridgehead atoms. The van der Waals surface area contributed by atoms with Gasteiger partial charge in [-0.05, 0) is 47.3 Å². The van der Waals surface area contributed by atoms with Crippen molar-refractivity contribution in [3.05, 3.63) is 101 Å². The molecule has 0 radical (unpaired) electrons. The molecule has 0 saturated heterocycles. The van der Waals surface area contributed by atoms with Crippen LogP contribution in [0.3, 0.4) is 0 Å². The van der Waals surface area contributed by atoms with Crippen molar-refractivity contribution in [1.82, 2.24) is 5.16 Å². The molecule has 5 heteroatoms. The maximum Gasteiger partial charge on any atom is 0.311 e. The van der Waals surface area contributed by atoms with Crippen molar-refractivity contribution < 1.29 is 14.4 Å². The second-order valence-electron chi connectivity index (χ2n) is 9.12. The van der Waals surface area contributed by atoms with Gasteiger partial charge in [0.25, 0.3) is 0 Å². The third-order valence-electron chi connectivity index (χ3n) is 6.29. The van der Waals surface area contributed by atoms with Gasteiger partial charge in [0.1, 0.15) is 0 Å². The molecule has 4 nitrogen and oxygen atoms in total. The van der Waals surface area contributed by atoms with Gasteiger partial charge >= 0.3 is 5.97 Å². The number of aryl methyl sites for hydroxylation is 2. The molecule has 1 N–H and O–H groups in total. The van der Waals surface area contributed by atoms with Gasteiger partial charge in [-0.15, -0.1) is 0 Å². The Balaban J connectivity index is 1.44. The lowest BCUT2D eigenvalue weighted by atomic mass is 9.87. The van der Waals surface area contributed by atoms with Gasteiger partial charge in [0.15, 0.2) is 5.76 Å². The number of nitrogens with zero attached hydrogens (tertiary/aromatic N) is 1. The van der Waals surface area contributed by atoms with Gasteiger partial charge < -0.3 is 9.63 Å². The van der Waals surface area contributed by atoms with Crippen LogP contribution in [0.25, 0.3) is 22.5 Å². The van der Waals surface area contributed by atoms with Gasteiger partial charge in [0.2, 0.25) is 0 Å². The van der Waals surface area contributed by atoms with Crippen molar-refractivity contribution in [2.24, 2.45) is 5.92 Å². The Labute approximate surface area is 211 Å². The molecule has 4 aromatic rings. The Kier molecular flexibility index (Phi) is 8.09. The second-order valence-corrected chi connectivity index (χ2v) is 10.2. The van der Waals surface area contributed by atoms with Crippen LogP contribution in [0.4, 0.5) is 0 Å². The summed E-state index contributed by atoms with van der Waals surface area (Å²) in [5, 5.41) is 13.8. The van der Waals surface area contributed by atoms with Crippen LogP contribution in [0.15, 0.2) is 83.4 Å². The summed E-state index contributed by atoms with van der Waals surface area (Å²) in [6, 6.07) is 26.7. The first-order valence-corrected chi connectivity index (χ1v) is 13.1. The number of hydrogen-bond donors (Lipinski definition) is 1. The predicted molar refractivity (Wildman–Crippen MR) is 144 cm³/mol. The highest BCUT2D eigenvalue weighted by molar-refractivity contribution is 7.98. The zero-order valence-corrected chi connectivity index (χ0v) is 21.2. The maximum atomic E-state index is 11.6. The highest BCUT2D eigenvalue weighted by Gasteiger charge is 2.23. The number of aliphatic carboxylic acids is 1. The molecule has 0 fully saturated rings. The van der Waals surface area contributed by atoms with E-state index in [1.165, 1.54) is 5.56 Å². The lowest BCUT2D eigenvalue weighted by Gasteiger charge is -2.17. The fourth-order valence-corrected chi connectivity index (χ4v) is 5.37. The number of benzene rings is 3. The summed E-state index contributed by atoms with van der Waals surface area (Å²) in [7, 11) is 0. The minimum Gasteiger partial charge on any atom is -0.481 e. The zero-order valence-electron chi connectivity index (χ0n) is 20.4. The highest BCUT2D eigenvalue weighted by Crippen LogP contribution is 2.32. The van der Waals surface area contributed by atoms with E-state index < -0.39 is 11.9 Å². The first kappa shape index (κ1) is 24.8. The molecule has 1 atom stereocenters. The van der Waals surface area contributed by atoms with Crippen LogP contribution in [-0.4, -0.2) is 22.0 Å². The number of carboxylic acids is 1. The fraction of sp³-hybridized carbons (Fsp3) is 0.267. The van der Waals surface area contributed by atoms with Gasteiger partial charge in [0.05, 0.1) is 11.6 Å². The largest absolute Gasteiger partial charge is 0.481 e. The number of carbonyl (C=O) groups is 1. The van der Waals surface area contributed by atoms with E-state index in [2.05, 4.69) is 53.7 Å². The number of hydrogen-bond acceptors (Lipinski definition) is 4. The number of aromatic nitrogens is 1. The van der Waals surface area contributed by atoms with E-state index in [1.807, 2.05) is 62.9 Å². The molecule has 0 aliphatic heterocycles. The van der Waals surface area contributed by atoms with E-state index in [-0.39, 0.29) is 5.92 Å². The standard InChI is InChI=1S/C30H31NO3S/c1-20(2)28(30(32)33)25-13-9-23(10-14-25)24-11-15-26(16-12-24)29-27(21(3)31-34-29)19-35-18-17-22-7-5-4-6-8-22/h4-16,20,28H,17-19H2,1-3H3,(H,32,33). The predicted octanol–water partition coefficient (Wildman–Crippen LogP) is 7.62. The first-order valence-electron chi connectivity index (χ1n) is 11.9. The van der Waals surface area contributed by atoms with Crippen LogP contribution >= 0.6 is 11.8 Å². The van der Waals surface area contributed by atoms with E-state index in [4.69, 9.17) is 4.52 Å². The van der Waals surface area contributed by atoms with Crippen LogP contribution < -0.4 is 0 Å². The summed E-state index contributed by atoms with van der Waals surface area (Å²) in [6.07, 6.45) is 1.04. The summed E-state index contributed by atoms with van der Waals surface area (Å²) >= 11 is 1.89. The third kappa shape index (κ3) is 6.04. The molecule has 0 aliphatic carbocycles. The minimum absolute atomic E-state index is 0.0358. The maximum absolute atomic E-state index is 11.6. The molecule has 1 unspecified atom stereocenters. The number of thioether (sulfide) groups is 1. The van der Waals surface area contributed by atoms with Crippen molar-refractivity contribution in [3.8, 4) is 22.5 Å². The van der Waals surface area contributed by atoms with Crippen LogP contribution in [0, 0.1) is 12.8 Å². The molecule has 35 heavy (non-hydrogen) atoms. The van der Waals surface area contributed by atoms with Gasteiger partial charge in [-0.25, -0.2) is 0 Å². The molecular weight excluding hydrogens is 454 g/mol. The topological polar surface area (TPSA) is 63.3 Å². The van der Waals surface area contributed by atoms with E-state index in [0.717, 1.165) is 57.2 Å². The Bertz CT molecular complexity index is 1250. The average molecular weight is 486 g/mol. The summed E-state index contributed by atoms with van der Waals surface area (Å²) in [6.45, 7) is 5.87. The first-order chi connectivity index (χ1) is 16.9. The number of rotatable bonds is 10. The molecule has 0 saturated carbocycles. The van der Waals surface area contributed by atoms with Gasteiger partial charge in [-0.2, -0.15) is 11.8 Å². The van der Waals surface area contributed by atoms with Crippen LogP contribution in [0.1, 0.15) is 42.1 Å². The molecule has 3 aromatic carbocycles. The summed E-state index contributed by atoms with van der Waals surface area (Å²) in [5.74, 6) is 1.49. The van der Waals surface area contributed by atoms with E-state index in [1.54, 1.807) is 0 Å². The van der Waals surface area contributed by atoms with Gasteiger partial charge in [0, 0.05) is 16.9 Å². The zero-order chi connectivity index (χ0) is 24.8. The average Bonchev–Trinajstić information content (AvgIpc) is 3.23. The molecule has 0 aliphatic rings. The Hall–Kier alpha value is -3.31. The molecule has 4 rings (SSSR count). The third-order valence-corrected chi connectivity index (χ3v) is 7.28. The number of carboxylic acid groups (broad SMARTS) is 1. The molecule has 0 spiro atoms. The highest BCUT2D eigenvalue weighted by atomic mass is 32.2. The SMILES string of the molecule is Cc1noc(-c2ccc(-c3ccc(C(C(=O)O)C(C)C)cc3)cc2)c1CSCCc1ccccc1. The van der Waals surface area contributed by atoms with Crippen molar-refractivity contribution in [3.63, 3.8) is 0 Å². The summed E-state index contributed by atoms with van der Waals surface area (Å²) in [4.78, 5) is 11.6. The van der Waals surface area contributed by atoms with E-state index in [9.17, 15) is 9.90 Å². The van der Waals surface area contributed by atoms with Crippen LogP contribution in [0.5, 0.6) is 0 Å². The molecule has 0 amide bonds. The molecule has 1 aromatic heterocycles. The smallest absolute Gasteiger partial charge is 0.311 e. The van der Waals surface area contributed by atoms with E-state index >= 15 is 0 Å². The quantitative estimate of drug-likeness (QED) is 0.234. The second kappa shape index (κ2) is 11.4. The van der Waals surface area contributed by atoms with E-state index in [0.29, 0.717) is 0 Å². The molecule has 180 valence electrons. The Morgan fingerprint density at radius 3 is 2.11 bits per heavy atom. The van der Waals surface area contributed by atoms with Crippen molar-refractivity contribution >= 4 is 17.7 Å². The van der Waals surface area contributed by atoms with Crippen LogP contribution in [-0.2, 0) is 17.0 Å². The van der Waals surface area contributed by atoms with Gasteiger partial charge in [-0.3, -0.25) is 4.79 Å². The lowest BCUT2D eigenvalue weighted by Crippen LogP contribution is -2.17. The Morgan fingerprint density at radius 1 is 0.914 bits per heavy atom. The monoisotopic (exact) mass is 485 g/mol. The van der Waals surface area contributed by atoms with Crippen LogP contribution in [0.2, 0.25) is 0 Å². The van der Waals surface area contributed by atoms with Crippen molar-refractivity contribution in [2.45, 2.75) is 38.9 Å². The Morgan fingerprint density at radius 2 is 1.51 bits per heavy atom. The molecule has 1 heterocycles. The summed E-state index contributed by atoms with van der Waals surface area (Å²) < 4.78 is 5.71. The summed E-state index contributed by atoms with van der Waals surface area (Å²) in [5.41, 5.74) is 7.41. The van der Waals surface area contributed by atoms with Gasteiger partial charge in [-0.1, -0.05) is 97.9 Å². The fourth-order valence-electron chi connectivity index (χ4n) is 4.30. The minimum atomic E-state index is -0.784. The normalized spacial score (nSPS) is 12.1.